The molecule has 2 heterocycles. The lowest BCUT2D eigenvalue weighted by atomic mass is 10.1. The SMILES string of the molecule is Cc1ccc([C@@H](CN2CCOCC2)NS(=O)(=O)c2ccc(S(=O)(=O)N3CCCC3)cc2)cc1. The molecule has 10 heteroatoms. The van der Waals surface area contributed by atoms with Gasteiger partial charge < -0.3 is 4.74 Å². The van der Waals surface area contributed by atoms with Crippen molar-refractivity contribution in [3.05, 3.63) is 59.7 Å². The number of nitrogens with one attached hydrogen (secondary N) is 1. The number of hydrogen-bond donors (Lipinski definition) is 1. The first-order valence-corrected chi connectivity index (χ1v) is 14.2. The van der Waals surface area contributed by atoms with E-state index in [9.17, 15) is 16.8 Å². The number of sulfonamides is 2. The van der Waals surface area contributed by atoms with Gasteiger partial charge in [-0.25, -0.2) is 21.6 Å². The number of nitrogens with zero attached hydrogens (tertiary/aromatic N) is 2. The van der Waals surface area contributed by atoms with Gasteiger partial charge >= 0.3 is 0 Å². The van der Waals surface area contributed by atoms with Crippen LogP contribution in [0.3, 0.4) is 0 Å². The van der Waals surface area contributed by atoms with Crippen molar-refractivity contribution < 1.29 is 21.6 Å². The van der Waals surface area contributed by atoms with Crippen molar-refractivity contribution in [2.75, 3.05) is 45.9 Å². The van der Waals surface area contributed by atoms with E-state index in [2.05, 4.69) is 9.62 Å². The highest BCUT2D eigenvalue weighted by atomic mass is 32.2. The highest BCUT2D eigenvalue weighted by Gasteiger charge is 2.28. The molecule has 0 amide bonds. The molecule has 4 rings (SSSR count). The molecule has 2 aliphatic rings. The smallest absolute Gasteiger partial charge is 0.243 e. The normalized spacial score (nSPS) is 19.5. The second-order valence-corrected chi connectivity index (χ2v) is 12.2. The lowest BCUT2D eigenvalue weighted by Crippen LogP contribution is -2.43. The van der Waals surface area contributed by atoms with E-state index in [1.165, 1.54) is 28.6 Å². The minimum Gasteiger partial charge on any atom is -0.379 e. The average molecular weight is 494 g/mol. The molecule has 8 nitrogen and oxygen atoms in total. The first kappa shape index (κ1) is 24.3. The fourth-order valence-electron chi connectivity index (χ4n) is 4.18. The van der Waals surface area contributed by atoms with Crippen molar-refractivity contribution in [1.29, 1.82) is 0 Å². The van der Waals surface area contributed by atoms with Gasteiger partial charge in [-0.15, -0.1) is 0 Å². The number of hydrogen-bond acceptors (Lipinski definition) is 6. The Kier molecular flexibility index (Phi) is 7.52. The van der Waals surface area contributed by atoms with Gasteiger partial charge in [0.2, 0.25) is 20.0 Å². The molecule has 0 unspecified atom stereocenters. The summed E-state index contributed by atoms with van der Waals surface area (Å²) in [5.74, 6) is 0. The van der Waals surface area contributed by atoms with Crippen LogP contribution >= 0.6 is 0 Å². The van der Waals surface area contributed by atoms with Crippen LogP contribution in [0.1, 0.15) is 30.0 Å². The molecule has 1 atom stereocenters. The van der Waals surface area contributed by atoms with Gasteiger partial charge in [0.15, 0.2) is 0 Å². The van der Waals surface area contributed by atoms with Crippen LogP contribution in [-0.2, 0) is 24.8 Å². The Morgan fingerprint density at radius 2 is 1.42 bits per heavy atom. The van der Waals surface area contributed by atoms with Crippen molar-refractivity contribution in [1.82, 2.24) is 13.9 Å². The van der Waals surface area contributed by atoms with Gasteiger partial charge in [0.1, 0.15) is 0 Å². The summed E-state index contributed by atoms with van der Waals surface area (Å²) in [6, 6.07) is 12.9. The molecule has 0 saturated carbocycles. The minimum atomic E-state index is -3.87. The molecular formula is C23H31N3O5S2. The second-order valence-electron chi connectivity index (χ2n) is 8.58. The molecule has 1 N–H and O–H groups in total. The number of aryl methyl sites for hydroxylation is 1. The first-order valence-electron chi connectivity index (χ1n) is 11.2. The van der Waals surface area contributed by atoms with Crippen LogP contribution in [0.4, 0.5) is 0 Å². The third kappa shape index (κ3) is 5.82. The van der Waals surface area contributed by atoms with Crippen molar-refractivity contribution in [2.45, 2.75) is 35.6 Å². The molecule has 2 aromatic carbocycles. The molecule has 0 aliphatic carbocycles. The van der Waals surface area contributed by atoms with E-state index < -0.39 is 26.1 Å². The number of morpholine rings is 1. The molecule has 2 saturated heterocycles. The van der Waals surface area contributed by atoms with Gasteiger partial charge in [-0.3, -0.25) is 4.90 Å². The zero-order chi connectivity index (χ0) is 23.5. The van der Waals surface area contributed by atoms with E-state index in [1.54, 1.807) is 0 Å². The number of rotatable bonds is 8. The largest absolute Gasteiger partial charge is 0.379 e. The van der Waals surface area contributed by atoms with Gasteiger partial charge in [0.25, 0.3) is 0 Å². The summed E-state index contributed by atoms with van der Waals surface area (Å²) >= 11 is 0. The maximum atomic E-state index is 13.2. The molecule has 2 aliphatic heterocycles. The summed E-state index contributed by atoms with van der Waals surface area (Å²) < 4.78 is 61.7. The Morgan fingerprint density at radius 3 is 2.03 bits per heavy atom. The van der Waals surface area contributed by atoms with Crippen LogP contribution in [-0.4, -0.2) is 72.0 Å². The summed E-state index contributed by atoms with van der Waals surface area (Å²) in [7, 11) is -7.46. The molecule has 2 aromatic rings. The monoisotopic (exact) mass is 493 g/mol. The fourth-order valence-corrected chi connectivity index (χ4v) is 6.91. The summed E-state index contributed by atoms with van der Waals surface area (Å²) in [5.41, 5.74) is 1.98. The van der Waals surface area contributed by atoms with E-state index in [4.69, 9.17) is 4.74 Å². The predicted octanol–water partition coefficient (Wildman–Crippen LogP) is 2.13. The fraction of sp³-hybridized carbons (Fsp3) is 0.478. The van der Waals surface area contributed by atoms with Crippen molar-refractivity contribution in [3.8, 4) is 0 Å². The molecule has 33 heavy (non-hydrogen) atoms. The second kappa shape index (κ2) is 10.2. The van der Waals surface area contributed by atoms with E-state index in [-0.39, 0.29) is 9.79 Å². The Morgan fingerprint density at radius 1 is 0.848 bits per heavy atom. The van der Waals surface area contributed by atoms with Crippen LogP contribution in [0, 0.1) is 6.92 Å². The molecule has 2 fully saturated rings. The molecule has 180 valence electrons. The summed E-state index contributed by atoms with van der Waals surface area (Å²) in [5, 5.41) is 0. The van der Waals surface area contributed by atoms with Gasteiger partial charge in [0, 0.05) is 32.7 Å². The van der Waals surface area contributed by atoms with E-state index in [0.717, 1.165) is 37.1 Å². The lowest BCUT2D eigenvalue weighted by molar-refractivity contribution is 0.0345. The maximum Gasteiger partial charge on any atom is 0.243 e. The van der Waals surface area contributed by atoms with Gasteiger partial charge in [-0.2, -0.15) is 4.31 Å². The van der Waals surface area contributed by atoms with E-state index >= 15 is 0 Å². The van der Waals surface area contributed by atoms with Gasteiger partial charge in [-0.1, -0.05) is 29.8 Å². The van der Waals surface area contributed by atoms with E-state index in [1.807, 2.05) is 31.2 Å². The summed E-state index contributed by atoms with van der Waals surface area (Å²) in [6.07, 6.45) is 1.69. The zero-order valence-corrected chi connectivity index (χ0v) is 20.4. The Balaban J connectivity index is 1.55. The zero-order valence-electron chi connectivity index (χ0n) is 18.8. The quantitative estimate of drug-likeness (QED) is 0.605. The van der Waals surface area contributed by atoms with E-state index in [0.29, 0.717) is 32.8 Å². The lowest BCUT2D eigenvalue weighted by Gasteiger charge is -2.31. The van der Waals surface area contributed by atoms with Crippen LogP contribution in [0.2, 0.25) is 0 Å². The maximum absolute atomic E-state index is 13.2. The molecule has 0 spiro atoms. The number of ether oxygens (including phenoxy) is 1. The van der Waals surface area contributed by atoms with Gasteiger partial charge in [0.05, 0.1) is 29.0 Å². The molecule has 0 bridgehead atoms. The summed E-state index contributed by atoms with van der Waals surface area (Å²) in [4.78, 5) is 2.34. The third-order valence-electron chi connectivity index (χ3n) is 6.16. The first-order chi connectivity index (χ1) is 15.8. The average Bonchev–Trinajstić information content (AvgIpc) is 3.36. The third-order valence-corrected chi connectivity index (χ3v) is 9.56. The molecule has 0 aromatic heterocycles. The summed E-state index contributed by atoms with van der Waals surface area (Å²) in [6.45, 7) is 6.25. The number of benzene rings is 2. The Hall–Kier alpha value is -1.82. The van der Waals surface area contributed by atoms with Gasteiger partial charge in [-0.05, 0) is 49.6 Å². The topological polar surface area (TPSA) is 96.0 Å². The highest BCUT2D eigenvalue weighted by Crippen LogP contribution is 2.24. The van der Waals surface area contributed by atoms with Crippen LogP contribution in [0.25, 0.3) is 0 Å². The van der Waals surface area contributed by atoms with Crippen LogP contribution in [0.5, 0.6) is 0 Å². The predicted molar refractivity (Wildman–Crippen MR) is 126 cm³/mol. The van der Waals surface area contributed by atoms with Crippen molar-refractivity contribution in [3.63, 3.8) is 0 Å². The van der Waals surface area contributed by atoms with Crippen molar-refractivity contribution in [2.24, 2.45) is 0 Å². The standard InChI is InChI=1S/C23H31N3O5S2/c1-19-4-6-20(7-5-19)23(18-25-14-16-31-17-15-25)24-32(27,28)21-8-10-22(11-9-21)33(29,30)26-12-2-3-13-26/h4-11,23-24H,2-3,12-18H2,1H3/t23-/m1/s1. The van der Waals surface area contributed by atoms with Crippen LogP contribution in [0.15, 0.2) is 58.3 Å². The molecule has 0 radical (unpaired) electrons. The molecular weight excluding hydrogens is 462 g/mol. The van der Waals surface area contributed by atoms with Crippen molar-refractivity contribution >= 4 is 20.0 Å². The highest BCUT2D eigenvalue weighted by molar-refractivity contribution is 7.89. The Labute approximate surface area is 196 Å². The minimum absolute atomic E-state index is 0.0435. The van der Waals surface area contributed by atoms with Crippen LogP contribution < -0.4 is 4.72 Å². The Bertz CT molecular complexity index is 1140.